The highest BCUT2D eigenvalue weighted by Crippen LogP contribution is 2.40. The quantitative estimate of drug-likeness (QED) is 0.794. The lowest BCUT2D eigenvalue weighted by Crippen LogP contribution is -2.44. The summed E-state index contributed by atoms with van der Waals surface area (Å²) in [5.74, 6) is 2.11. The molecule has 0 radical (unpaired) electrons. The van der Waals surface area contributed by atoms with Gasteiger partial charge in [-0.1, -0.05) is 37.8 Å². The normalized spacial score (nSPS) is 31.3. The van der Waals surface area contributed by atoms with Crippen LogP contribution >= 0.6 is 0 Å². The number of hydrogen-bond acceptors (Lipinski definition) is 3. The summed E-state index contributed by atoms with van der Waals surface area (Å²) in [6.07, 6.45) is 9.01. The molecule has 3 nitrogen and oxygen atoms in total. The van der Waals surface area contributed by atoms with Crippen LogP contribution in [0.2, 0.25) is 0 Å². The fourth-order valence-electron chi connectivity index (χ4n) is 4.45. The second-order valence-corrected chi connectivity index (χ2v) is 7.31. The van der Waals surface area contributed by atoms with Crippen LogP contribution in [0, 0.1) is 11.8 Å². The van der Waals surface area contributed by atoms with Gasteiger partial charge in [0.2, 0.25) is 0 Å². The SMILES string of the molecule is C[C@H](N[C@@H]1CC[C@@H]2CCCC[C@@H]2C1)[C@@H](O)c1ccc(O)cc1. The topological polar surface area (TPSA) is 52.5 Å². The van der Waals surface area contributed by atoms with E-state index >= 15 is 0 Å². The maximum Gasteiger partial charge on any atom is 0.115 e. The summed E-state index contributed by atoms with van der Waals surface area (Å²) in [5.41, 5.74) is 0.865. The Bertz CT molecular complexity index is 473. The molecule has 0 heterocycles. The fraction of sp³-hybridized carbons (Fsp3) is 0.684. The van der Waals surface area contributed by atoms with Gasteiger partial charge in [-0.15, -0.1) is 0 Å². The van der Waals surface area contributed by atoms with Crippen molar-refractivity contribution in [3.8, 4) is 5.75 Å². The number of phenolic OH excluding ortho intramolecular Hbond substituents is 1. The molecule has 2 saturated carbocycles. The lowest BCUT2D eigenvalue weighted by molar-refractivity contribution is 0.0998. The van der Waals surface area contributed by atoms with Crippen molar-refractivity contribution in [2.45, 2.75) is 70.1 Å². The van der Waals surface area contributed by atoms with Crippen molar-refractivity contribution in [1.82, 2.24) is 5.32 Å². The maximum absolute atomic E-state index is 10.5. The largest absolute Gasteiger partial charge is 0.508 e. The zero-order valence-electron chi connectivity index (χ0n) is 13.5. The Balaban J connectivity index is 1.54. The van der Waals surface area contributed by atoms with E-state index in [1.165, 1.54) is 44.9 Å². The van der Waals surface area contributed by atoms with E-state index < -0.39 is 6.10 Å². The second kappa shape index (κ2) is 7.01. The summed E-state index contributed by atoms with van der Waals surface area (Å²) >= 11 is 0. The number of nitrogens with one attached hydrogen (secondary N) is 1. The number of phenols is 1. The Kier molecular flexibility index (Phi) is 5.04. The molecule has 22 heavy (non-hydrogen) atoms. The average Bonchev–Trinajstić information content (AvgIpc) is 2.55. The first-order chi connectivity index (χ1) is 10.6. The minimum Gasteiger partial charge on any atom is -0.508 e. The van der Waals surface area contributed by atoms with Crippen LogP contribution in [0.5, 0.6) is 5.75 Å². The van der Waals surface area contributed by atoms with E-state index in [1.54, 1.807) is 24.3 Å². The molecule has 5 atom stereocenters. The molecule has 1 aromatic carbocycles. The third kappa shape index (κ3) is 3.64. The minimum atomic E-state index is -0.523. The molecule has 3 heteroatoms. The van der Waals surface area contributed by atoms with Crippen LogP contribution < -0.4 is 5.32 Å². The third-order valence-corrected chi connectivity index (χ3v) is 5.75. The molecule has 2 aliphatic carbocycles. The summed E-state index contributed by atoms with van der Waals surface area (Å²) in [7, 11) is 0. The van der Waals surface area contributed by atoms with Gasteiger partial charge in [0.1, 0.15) is 5.75 Å². The second-order valence-electron chi connectivity index (χ2n) is 7.31. The predicted molar refractivity (Wildman–Crippen MR) is 88.8 cm³/mol. The maximum atomic E-state index is 10.5. The number of fused-ring (bicyclic) bond motifs is 1. The Hall–Kier alpha value is -1.06. The van der Waals surface area contributed by atoms with Crippen LogP contribution in [-0.2, 0) is 0 Å². The highest BCUT2D eigenvalue weighted by atomic mass is 16.3. The first-order valence-corrected chi connectivity index (χ1v) is 8.86. The van der Waals surface area contributed by atoms with Gasteiger partial charge in [-0.2, -0.15) is 0 Å². The number of rotatable bonds is 4. The zero-order valence-corrected chi connectivity index (χ0v) is 13.5. The van der Waals surface area contributed by atoms with Crippen LogP contribution in [0.15, 0.2) is 24.3 Å². The van der Waals surface area contributed by atoms with Crippen LogP contribution in [0.25, 0.3) is 0 Å². The average molecular weight is 303 g/mol. The molecule has 0 aromatic heterocycles. The monoisotopic (exact) mass is 303 g/mol. The Morgan fingerprint density at radius 3 is 2.41 bits per heavy atom. The van der Waals surface area contributed by atoms with Crippen molar-refractivity contribution >= 4 is 0 Å². The molecule has 3 rings (SSSR count). The number of aliphatic hydroxyl groups is 1. The van der Waals surface area contributed by atoms with E-state index in [1.807, 2.05) is 0 Å². The van der Waals surface area contributed by atoms with Crippen molar-refractivity contribution in [2.75, 3.05) is 0 Å². The van der Waals surface area contributed by atoms with E-state index in [2.05, 4.69) is 12.2 Å². The lowest BCUT2D eigenvalue weighted by atomic mass is 9.69. The fourth-order valence-corrected chi connectivity index (χ4v) is 4.45. The van der Waals surface area contributed by atoms with E-state index in [0.29, 0.717) is 6.04 Å². The molecule has 1 aromatic rings. The molecule has 0 aliphatic heterocycles. The van der Waals surface area contributed by atoms with Crippen molar-refractivity contribution < 1.29 is 10.2 Å². The number of aromatic hydroxyl groups is 1. The van der Waals surface area contributed by atoms with E-state index in [-0.39, 0.29) is 11.8 Å². The number of hydrogen-bond donors (Lipinski definition) is 3. The summed E-state index contributed by atoms with van der Waals surface area (Å²) in [4.78, 5) is 0. The van der Waals surface area contributed by atoms with Gasteiger partial charge in [0.25, 0.3) is 0 Å². The predicted octanol–water partition coefficient (Wildman–Crippen LogP) is 3.76. The van der Waals surface area contributed by atoms with Crippen LogP contribution in [0.1, 0.15) is 63.5 Å². The van der Waals surface area contributed by atoms with Gasteiger partial charge in [-0.05, 0) is 55.7 Å². The highest BCUT2D eigenvalue weighted by molar-refractivity contribution is 5.27. The first-order valence-electron chi connectivity index (χ1n) is 8.86. The molecule has 0 bridgehead atoms. The molecule has 2 fully saturated rings. The highest BCUT2D eigenvalue weighted by Gasteiger charge is 2.33. The molecule has 0 amide bonds. The number of benzene rings is 1. The van der Waals surface area contributed by atoms with Crippen molar-refractivity contribution in [2.24, 2.45) is 11.8 Å². The smallest absolute Gasteiger partial charge is 0.115 e. The molecular formula is C19H29NO2. The van der Waals surface area contributed by atoms with Gasteiger partial charge in [0.05, 0.1) is 6.10 Å². The summed E-state index contributed by atoms with van der Waals surface area (Å²) in [5, 5.41) is 23.5. The van der Waals surface area contributed by atoms with E-state index in [9.17, 15) is 10.2 Å². The van der Waals surface area contributed by atoms with Gasteiger partial charge >= 0.3 is 0 Å². The molecule has 0 saturated heterocycles. The molecule has 3 N–H and O–H groups in total. The van der Waals surface area contributed by atoms with Gasteiger partial charge in [0.15, 0.2) is 0 Å². The van der Waals surface area contributed by atoms with Crippen molar-refractivity contribution in [3.05, 3.63) is 29.8 Å². The van der Waals surface area contributed by atoms with Gasteiger partial charge in [-0.3, -0.25) is 0 Å². The molecule has 122 valence electrons. The minimum absolute atomic E-state index is 0.0367. The molecule has 0 unspecified atom stereocenters. The molecule has 0 spiro atoms. The molecular weight excluding hydrogens is 274 g/mol. The molecule has 2 aliphatic rings. The lowest BCUT2D eigenvalue weighted by Gasteiger charge is -2.41. The standard InChI is InChI=1S/C19H29NO2/c1-13(19(22)15-7-10-18(21)11-8-15)20-17-9-6-14-4-2-3-5-16(14)12-17/h7-8,10-11,13-14,16-17,19-22H,2-6,9,12H2,1H3/t13-,14-,16+,17+,19+/m0/s1. The van der Waals surface area contributed by atoms with E-state index in [4.69, 9.17) is 0 Å². The summed E-state index contributed by atoms with van der Waals surface area (Å²) in [6, 6.07) is 7.46. The number of aliphatic hydroxyl groups excluding tert-OH is 1. The Labute approximate surface area is 133 Å². The van der Waals surface area contributed by atoms with Gasteiger partial charge in [-0.25, -0.2) is 0 Å². The van der Waals surface area contributed by atoms with Gasteiger partial charge < -0.3 is 15.5 Å². The summed E-state index contributed by atoms with van der Waals surface area (Å²) in [6.45, 7) is 2.06. The zero-order chi connectivity index (χ0) is 15.5. The van der Waals surface area contributed by atoms with Crippen molar-refractivity contribution in [3.63, 3.8) is 0 Å². The van der Waals surface area contributed by atoms with Gasteiger partial charge in [0, 0.05) is 12.1 Å². The van der Waals surface area contributed by atoms with E-state index in [0.717, 1.165) is 17.4 Å². The Morgan fingerprint density at radius 2 is 1.68 bits per heavy atom. The van der Waals surface area contributed by atoms with Crippen LogP contribution in [0.4, 0.5) is 0 Å². The third-order valence-electron chi connectivity index (χ3n) is 5.75. The Morgan fingerprint density at radius 1 is 1.00 bits per heavy atom. The van der Waals surface area contributed by atoms with Crippen molar-refractivity contribution in [1.29, 1.82) is 0 Å². The first kappa shape index (κ1) is 15.8. The van der Waals surface area contributed by atoms with Crippen LogP contribution in [-0.4, -0.2) is 22.3 Å². The summed E-state index contributed by atoms with van der Waals surface area (Å²) < 4.78 is 0. The van der Waals surface area contributed by atoms with Crippen LogP contribution in [0.3, 0.4) is 0 Å².